The van der Waals surface area contributed by atoms with Crippen LogP contribution in [0, 0.1) is 26.7 Å². The van der Waals surface area contributed by atoms with Gasteiger partial charge in [0.25, 0.3) is 11.5 Å². The molecule has 0 bridgehead atoms. The fraction of sp³-hybridized carbons (Fsp3) is 0.375. The number of nitrogens with one attached hydrogen (secondary N) is 2. The number of hydrogen-bond acceptors (Lipinski definition) is 4. The van der Waals surface area contributed by atoms with Crippen LogP contribution in [0.25, 0.3) is 10.9 Å². The van der Waals surface area contributed by atoms with E-state index in [4.69, 9.17) is 0 Å². The number of benzene rings is 1. The number of nitrogens with zero attached hydrogens (tertiary/aromatic N) is 2. The van der Waals surface area contributed by atoms with Gasteiger partial charge < -0.3 is 15.2 Å². The molecule has 2 N–H and O–H groups in total. The molecular weight excluding hydrogens is 447 g/mol. The number of carbonyl (C=O) groups excluding carboxylic acids is 1. The van der Waals surface area contributed by atoms with Crippen molar-refractivity contribution < 1.29 is 4.79 Å². The Labute approximate surface area is 200 Å². The summed E-state index contributed by atoms with van der Waals surface area (Å²) >= 11 is 0. The van der Waals surface area contributed by atoms with Gasteiger partial charge in [-0.1, -0.05) is 6.07 Å². The number of anilines is 1. The maximum atomic E-state index is 13.2. The molecular formula is C24H30Cl2N4O2. The molecule has 1 aliphatic heterocycles. The van der Waals surface area contributed by atoms with E-state index >= 15 is 0 Å². The monoisotopic (exact) mass is 476 g/mol. The van der Waals surface area contributed by atoms with Crippen LogP contribution >= 0.6 is 24.8 Å². The summed E-state index contributed by atoms with van der Waals surface area (Å²) < 4.78 is 1.68. The average Bonchev–Trinajstić information content (AvgIpc) is 2.73. The Morgan fingerprint density at radius 2 is 1.91 bits per heavy atom. The smallest absolute Gasteiger partial charge is 0.263 e. The number of halogens is 2. The van der Waals surface area contributed by atoms with Gasteiger partial charge in [0, 0.05) is 23.8 Å². The molecule has 6 nitrogen and oxygen atoms in total. The number of piperidine rings is 1. The van der Waals surface area contributed by atoms with Gasteiger partial charge in [-0.15, -0.1) is 24.8 Å². The third-order valence-corrected chi connectivity index (χ3v) is 5.91. The minimum atomic E-state index is -0.371. The van der Waals surface area contributed by atoms with Gasteiger partial charge in [-0.2, -0.15) is 0 Å². The zero-order chi connectivity index (χ0) is 21.3. The minimum absolute atomic E-state index is 0. The van der Waals surface area contributed by atoms with Crippen LogP contribution < -0.4 is 16.2 Å². The largest absolute Gasteiger partial charge is 0.321 e. The van der Waals surface area contributed by atoms with Crippen LogP contribution in [0.15, 0.2) is 41.3 Å². The van der Waals surface area contributed by atoms with Gasteiger partial charge in [-0.25, -0.2) is 0 Å². The molecule has 3 heterocycles. The average molecular weight is 477 g/mol. The van der Waals surface area contributed by atoms with E-state index in [2.05, 4.69) is 15.6 Å². The Morgan fingerprint density at radius 1 is 1.12 bits per heavy atom. The Bertz CT molecular complexity index is 1170. The van der Waals surface area contributed by atoms with E-state index in [0.717, 1.165) is 48.1 Å². The molecule has 1 atom stereocenters. The highest BCUT2D eigenvalue weighted by atomic mass is 35.5. The maximum absolute atomic E-state index is 13.2. The first-order valence-electron chi connectivity index (χ1n) is 10.5. The molecule has 32 heavy (non-hydrogen) atoms. The van der Waals surface area contributed by atoms with E-state index < -0.39 is 0 Å². The summed E-state index contributed by atoms with van der Waals surface area (Å²) in [4.78, 5) is 30.9. The van der Waals surface area contributed by atoms with Crippen molar-refractivity contribution in [3.8, 4) is 0 Å². The van der Waals surface area contributed by atoms with Crippen molar-refractivity contribution in [3.63, 3.8) is 0 Å². The third-order valence-electron chi connectivity index (χ3n) is 5.91. The van der Waals surface area contributed by atoms with Crippen molar-refractivity contribution in [1.82, 2.24) is 14.9 Å². The van der Waals surface area contributed by atoms with E-state index in [0.29, 0.717) is 23.7 Å². The molecule has 1 aromatic carbocycles. The summed E-state index contributed by atoms with van der Waals surface area (Å²) in [5.41, 5.74) is 4.04. The van der Waals surface area contributed by atoms with Crippen molar-refractivity contribution in [1.29, 1.82) is 0 Å². The number of amides is 1. The molecule has 1 fully saturated rings. The number of hydrogen-bond donors (Lipinski definition) is 2. The zero-order valence-electron chi connectivity index (χ0n) is 18.6. The third kappa shape index (κ3) is 5.31. The highest BCUT2D eigenvalue weighted by Gasteiger charge is 2.20. The number of rotatable bonds is 4. The summed E-state index contributed by atoms with van der Waals surface area (Å²) in [5, 5.41) is 7.25. The first kappa shape index (κ1) is 25.8. The topological polar surface area (TPSA) is 76.0 Å². The fourth-order valence-corrected chi connectivity index (χ4v) is 4.20. The van der Waals surface area contributed by atoms with E-state index in [1.807, 2.05) is 51.1 Å². The fourth-order valence-electron chi connectivity index (χ4n) is 4.20. The van der Waals surface area contributed by atoms with Crippen molar-refractivity contribution in [3.05, 3.63) is 69.3 Å². The van der Waals surface area contributed by atoms with Crippen LogP contribution in [0.2, 0.25) is 0 Å². The van der Waals surface area contributed by atoms with Gasteiger partial charge in [0.15, 0.2) is 0 Å². The summed E-state index contributed by atoms with van der Waals surface area (Å²) in [6.45, 7) is 8.26. The van der Waals surface area contributed by atoms with Crippen LogP contribution in [-0.4, -0.2) is 28.5 Å². The molecule has 0 saturated carbocycles. The lowest BCUT2D eigenvalue weighted by Gasteiger charge is -2.23. The van der Waals surface area contributed by atoms with Crippen LogP contribution in [-0.2, 0) is 6.54 Å². The van der Waals surface area contributed by atoms with E-state index in [1.54, 1.807) is 10.8 Å². The number of aryl methyl sites for hydroxylation is 3. The Morgan fingerprint density at radius 3 is 2.62 bits per heavy atom. The molecule has 0 aliphatic carbocycles. The normalized spacial score (nSPS) is 15.5. The predicted molar refractivity (Wildman–Crippen MR) is 135 cm³/mol. The second kappa shape index (κ2) is 10.9. The molecule has 1 amide bonds. The SMILES string of the molecule is Cc1ccc2c(NC(=O)c3c(C)ccn(CC4CCCNC4)c3=O)c(C)ccc2n1.Cl.Cl. The van der Waals surface area contributed by atoms with Crippen molar-refractivity contribution in [2.24, 2.45) is 5.92 Å². The van der Waals surface area contributed by atoms with Crippen LogP contribution in [0.3, 0.4) is 0 Å². The molecule has 4 rings (SSSR count). The van der Waals surface area contributed by atoms with Crippen molar-refractivity contribution >= 4 is 47.3 Å². The lowest BCUT2D eigenvalue weighted by Crippen LogP contribution is -2.36. The highest BCUT2D eigenvalue weighted by molar-refractivity contribution is 6.10. The molecule has 3 aromatic rings. The number of pyridine rings is 2. The Balaban J connectivity index is 0.00000181. The first-order chi connectivity index (χ1) is 14.4. The van der Waals surface area contributed by atoms with Crippen molar-refractivity contribution in [2.45, 2.75) is 40.2 Å². The van der Waals surface area contributed by atoms with Gasteiger partial charge in [0.1, 0.15) is 5.56 Å². The molecule has 0 radical (unpaired) electrons. The van der Waals surface area contributed by atoms with Gasteiger partial charge in [0.2, 0.25) is 0 Å². The van der Waals surface area contributed by atoms with Gasteiger partial charge in [0.05, 0.1) is 11.2 Å². The number of fused-ring (bicyclic) bond motifs is 1. The Hall–Kier alpha value is -2.41. The lowest BCUT2D eigenvalue weighted by atomic mass is 9.99. The highest BCUT2D eigenvalue weighted by Crippen LogP contribution is 2.27. The first-order valence-corrected chi connectivity index (χ1v) is 10.5. The Kier molecular flexibility index (Phi) is 8.84. The zero-order valence-corrected chi connectivity index (χ0v) is 20.2. The maximum Gasteiger partial charge on any atom is 0.263 e. The molecule has 1 saturated heterocycles. The van der Waals surface area contributed by atoms with E-state index in [1.165, 1.54) is 0 Å². The van der Waals surface area contributed by atoms with E-state index in [9.17, 15) is 9.59 Å². The van der Waals surface area contributed by atoms with E-state index in [-0.39, 0.29) is 41.8 Å². The van der Waals surface area contributed by atoms with Gasteiger partial charge in [-0.3, -0.25) is 14.6 Å². The molecule has 1 unspecified atom stereocenters. The van der Waals surface area contributed by atoms with Gasteiger partial charge in [-0.05, 0) is 88.0 Å². The summed E-state index contributed by atoms with van der Waals surface area (Å²) in [7, 11) is 0. The van der Waals surface area contributed by atoms with Crippen LogP contribution in [0.1, 0.15) is 40.0 Å². The molecule has 8 heteroatoms. The van der Waals surface area contributed by atoms with Crippen LogP contribution in [0.4, 0.5) is 5.69 Å². The van der Waals surface area contributed by atoms with Gasteiger partial charge >= 0.3 is 0 Å². The predicted octanol–water partition coefficient (Wildman–Crippen LogP) is 4.42. The molecule has 1 aliphatic rings. The summed E-state index contributed by atoms with van der Waals surface area (Å²) in [6, 6.07) is 9.64. The molecule has 0 spiro atoms. The second-order valence-electron chi connectivity index (χ2n) is 8.27. The number of carbonyl (C=O) groups is 1. The molecule has 172 valence electrons. The molecule has 2 aromatic heterocycles. The second-order valence-corrected chi connectivity index (χ2v) is 8.27. The lowest BCUT2D eigenvalue weighted by molar-refractivity contribution is 0.102. The summed E-state index contributed by atoms with van der Waals surface area (Å²) in [5.74, 6) is 0.0366. The van der Waals surface area contributed by atoms with Crippen LogP contribution in [0.5, 0.6) is 0 Å². The van der Waals surface area contributed by atoms with Crippen molar-refractivity contribution in [2.75, 3.05) is 18.4 Å². The minimum Gasteiger partial charge on any atom is -0.321 e. The standard InChI is InChI=1S/C24H28N4O2.2ClH/c1-15-10-12-28(14-18-5-4-11-25-13-18)24(30)21(15)23(29)27-22-16(2)6-9-20-19(22)8-7-17(3)26-20;;/h6-10,12,18,25H,4-5,11,13-14H2,1-3H3,(H,27,29);2*1H. The number of aromatic nitrogens is 2. The summed E-state index contributed by atoms with van der Waals surface area (Å²) in [6.07, 6.45) is 4.02. The quantitative estimate of drug-likeness (QED) is 0.584.